The number of sulfonamides is 1. The maximum Gasteiger partial charge on any atom is 0.240 e. The number of nitrogens with zero attached hydrogens (tertiary/aromatic N) is 1. The normalized spacial score (nSPS) is 14.1. The number of rotatable bonds is 5. The molecule has 21 heavy (non-hydrogen) atoms. The van der Waals surface area contributed by atoms with Crippen LogP contribution in [0.4, 0.5) is 0 Å². The van der Waals surface area contributed by atoms with E-state index in [4.69, 9.17) is 0 Å². The van der Waals surface area contributed by atoms with Crippen LogP contribution in [0.1, 0.15) is 23.2 Å². The summed E-state index contributed by atoms with van der Waals surface area (Å²) in [7, 11) is -3.43. The van der Waals surface area contributed by atoms with E-state index in [1.165, 1.54) is 11.1 Å². The van der Waals surface area contributed by atoms with Gasteiger partial charge in [-0.05, 0) is 54.7 Å². The SMILES string of the molecule is O=S(=O)(NCCc1ccccn1)c1ccc2c(c1)CCC2. The van der Waals surface area contributed by atoms with Crippen molar-refractivity contribution in [2.24, 2.45) is 0 Å². The van der Waals surface area contributed by atoms with Crippen molar-refractivity contribution in [3.8, 4) is 0 Å². The molecular formula is C16H18N2O2S. The Bertz CT molecular complexity index is 727. The monoisotopic (exact) mass is 302 g/mol. The van der Waals surface area contributed by atoms with Crippen molar-refractivity contribution in [2.45, 2.75) is 30.6 Å². The first-order valence-electron chi connectivity index (χ1n) is 7.16. The van der Waals surface area contributed by atoms with E-state index < -0.39 is 10.0 Å². The summed E-state index contributed by atoms with van der Waals surface area (Å²) < 4.78 is 27.2. The molecule has 1 aliphatic carbocycles. The van der Waals surface area contributed by atoms with Gasteiger partial charge in [0.05, 0.1) is 4.90 Å². The molecule has 0 bridgehead atoms. The Morgan fingerprint density at radius 1 is 1.10 bits per heavy atom. The van der Waals surface area contributed by atoms with Gasteiger partial charge in [-0.3, -0.25) is 4.98 Å². The molecule has 0 unspecified atom stereocenters. The molecule has 0 saturated heterocycles. The Morgan fingerprint density at radius 3 is 2.76 bits per heavy atom. The summed E-state index contributed by atoms with van der Waals surface area (Å²) in [5.41, 5.74) is 3.33. The van der Waals surface area contributed by atoms with Crippen LogP contribution in [-0.2, 0) is 29.3 Å². The summed E-state index contributed by atoms with van der Waals surface area (Å²) in [6, 6.07) is 11.1. The van der Waals surface area contributed by atoms with E-state index in [1.54, 1.807) is 12.3 Å². The van der Waals surface area contributed by atoms with E-state index >= 15 is 0 Å². The van der Waals surface area contributed by atoms with E-state index in [-0.39, 0.29) is 0 Å². The predicted octanol–water partition coefficient (Wildman–Crippen LogP) is 2.09. The van der Waals surface area contributed by atoms with Crippen LogP contribution in [0.15, 0.2) is 47.5 Å². The van der Waals surface area contributed by atoms with Gasteiger partial charge in [0, 0.05) is 24.9 Å². The fraction of sp³-hybridized carbons (Fsp3) is 0.312. The highest BCUT2D eigenvalue weighted by Gasteiger charge is 2.17. The lowest BCUT2D eigenvalue weighted by Gasteiger charge is -2.08. The van der Waals surface area contributed by atoms with Crippen molar-refractivity contribution in [1.82, 2.24) is 9.71 Å². The van der Waals surface area contributed by atoms with Crippen LogP contribution in [0.5, 0.6) is 0 Å². The minimum Gasteiger partial charge on any atom is -0.261 e. The number of pyridine rings is 1. The molecule has 5 heteroatoms. The zero-order valence-corrected chi connectivity index (χ0v) is 12.6. The zero-order valence-electron chi connectivity index (χ0n) is 11.7. The van der Waals surface area contributed by atoms with Gasteiger partial charge in [0.25, 0.3) is 0 Å². The highest BCUT2D eigenvalue weighted by molar-refractivity contribution is 7.89. The summed E-state index contributed by atoms with van der Waals surface area (Å²) >= 11 is 0. The second-order valence-corrected chi connectivity index (χ2v) is 7.02. The molecule has 0 amide bonds. The standard InChI is InChI=1S/C16H18N2O2S/c19-21(20,18-11-9-15-6-1-2-10-17-15)16-8-7-13-4-3-5-14(13)12-16/h1-2,6-8,10,12,18H,3-5,9,11H2. The van der Waals surface area contributed by atoms with Gasteiger partial charge in [0.2, 0.25) is 10.0 Å². The Kier molecular flexibility index (Phi) is 4.03. The first kappa shape index (κ1) is 14.2. The molecule has 1 heterocycles. The zero-order chi connectivity index (χ0) is 14.7. The number of hydrogen-bond acceptors (Lipinski definition) is 3. The first-order valence-corrected chi connectivity index (χ1v) is 8.65. The highest BCUT2D eigenvalue weighted by Crippen LogP contribution is 2.24. The fourth-order valence-corrected chi connectivity index (χ4v) is 3.74. The maximum atomic E-state index is 12.3. The molecule has 0 atom stereocenters. The van der Waals surface area contributed by atoms with Gasteiger partial charge in [0.15, 0.2) is 0 Å². The summed E-state index contributed by atoms with van der Waals surface area (Å²) in [5, 5.41) is 0. The smallest absolute Gasteiger partial charge is 0.240 e. The third-order valence-electron chi connectivity index (χ3n) is 3.78. The minimum atomic E-state index is -3.43. The predicted molar refractivity (Wildman–Crippen MR) is 81.6 cm³/mol. The number of aryl methyl sites for hydroxylation is 2. The third-order valence-corrected chi connectivity index (χ3v) is 5.24. The first-order chi connectivity index (χ1) is 10.1. The Balaban J connectivity index is 1.67. The van der Waals surface area contributed by atoms with Crippen LogP contribution in [-0.4, -0.2) is 19.9 Å². The second-order valence-electron chi connectivity index (χ2n) is 5.25. The van der Waals surface area contributed by atoms with Crippen LogP contribution in [0.25, 0.3) is 0 Å². The molecule has 0 aliphatic heterocycles. The molecule has 0 radical (unpaired) electrons. The number of fused-ring (bicyclic) bond motifs is 1. The summed E-state index contributed by atoms with van der Waals surface area (Å²) in [6.07, 6.45) is 5.46. The van der Waals surface area contributed by atoms with Gasteiger partial charge in [-0.1, -0.05) is 12.1 Å². The molecule has 3 rings (SSSR count). The molecule has 4 nitrogen and oxygen atoms in total. The topological polar surface area (TPSA) is 59.1 Å². The molecule has 0 saturated carbocycles. The van der Waals surface area contributed by atoms with E-state index in [1.807, 2.05) is 30.3 Å². The molecule has 1 aromatic heterocycles. The Labute approximate surface area is 125 Å². The Morgan fingerprint density at radius 2 is 1.95 bits per heavy atom. The van der Waals surface area contributed by atoms with Crippen molar-refractivity contribution < 1.29 is 8.42 Å². The van der Waals surface area contributed by atoms with Gasteiger partial charge in [-0.25, -0.2) is 13.1 Å². The van der Waals surface area contributed by atoms with E-state index in [9.17, 15) is 8.42 Å². The van der Waals surface area contributed by atoms with Gasteiger partial charge in [0.1, 0.15) is 0 Å². The minimum absolute atomic E-state index is 0.358. The van der Waals surface area contributed by atoms with Crippen LogP contribution < -0.4 is 4.72 Å². The van der Waals surface area contributed by atoms with Crippen molar-refractivity contribution >= 4 is 10.0 Å². The van der Waals surface area contributed by atoms with Crippen molar-refractivity contribution in [1.29, 1.82) is 0 Å². The van der Waals surface area contributed by atoms with E-state index in [2.05, 4.69) is 9.71 Å². The molecule has 0 fully saturated rings. The molecule has 110 valence electrons. The van der Waals surface area contributed by atoms with E-state index in [0.29, 0.717) is 17.9 Å². The molecule has 0 spiro atoms. The lowest BCUT2D eigenvalue weighted by Crippen LogP contribution is -2.26. The number of benzene rings is 1. The number of nitrogens with one attached hydrogen (secondary N) is 1. The van der Waals surface area contributed by atoms with Gasteiger partial charge < -0.3 is 0 Å². The lowest BCUT2D eigenvalue weighted by molar-refractivity contribution is 0.581. The van der Waals surface area contributed by atoms with E-state index in [0.717, 1.165) is 25.0 Å². The average molecular weight is 302 g/mol. The molecule has 1 aromatic carbocycles. The Hall–Kier alpha value is -1.72. The summed E-state index contributed by atoms with van der Waals surface area (Å²) in [6.45, 7) is 0.358. The summed E-state index contributed by atoms with van der Waals surface area (Å²) in [5.74, 6) is 0. The van der Waals surface area contributed by atoms with Crippen LogP contribution in [0.3, 0.4) is 0 Å². The van der Waals surface area contributed by atoms with Crippen molar-refractivity contribution in [3.05, 3.63) is 59.4 Å². The largest absolute Gasteiger partial charge is 0.261 e. The fourth-order valence-electron chi connectivity index (χ4n) is 2.66. The summed E-state index contributed by atoms with van der Waals surface area (Å²) in [4.78, 5) is 4.55. The lowest BCUT2D eigenvalue weighted by atomic mass is 10.1. The second kappa shape index (κ2) is 5.95. The average Bonchev–Trinajstić information content (AvgIpc) is 2.95. The highest BCUT2D eigenvalue weighted by atomic mass is 32.2. The number of hydrogen-bond donors (Lipinski definition) is 1. The molecule has 1 aliphatic rings. The molecular weight excluding hydrogens is 284 g/mol. The van der Waals surface area contributed by atoms with Gasteiger partial charge >= 0.3 is 0 Å². The van der Waals surface area contributed by atoms with Crippen molar-refractivity contribution in [3.63, 3.8) is 0 Å². The van der Waals surface area contributed by atoms with Gasteiger partial charge in [-0.15, -0.1) is 0 Å². The molecule has 1 N–H and O–H groups in total. The number of aromatic nitrogens is 1. The van der Waals surface area contributed by atoms with Gasteiger partial charge in [-0.2, -0.15) is 0 Å². The van der Waals surface area contributed by atoms with Crippen LogP contribution >= 0.6 is 0 Å². The van der Waals surface area contributed by atoms with Crippen LogP contribution in [0, 0.1) is 0 Å². The third kappa shape index (κ3) is 3.31. The van der Waals surface area contributed by atoms with Crippen LogP contribution in [0.2, 0.25) is 0 Å². The maximum absolute atomic E-state index is 12.3. The molecule has 2 aromatic rings. The van der Waals surface area contributed by atoms with Crippen molar-refractivity contribution in [2.75, 3.05) is 6.54 Å². The quantitative estimate of drug-likeness (QED) is 0.920.